The van der Waals surface area contributed by atoms with Crippen molar-refractivity contribution in [1.82, 2.24) is 20.0 Å². The van der Waals surface area contributed by atoms with Crippen LogP contribution in [0.2, 0.25) is 0 Å². The lowest BCUT2D eigenvalue weighted by molar-refractivity contribution is 0.0131. The summed E-state index contributed by atoms with van der Waals surface area (Å²) in [5, 5.41) is 13.3. The van der Waals surface area contributed by atoms with Crippen LogP contribution in [-0.4, -0.2) is 59.0 Å². The first-order valence-corrected chi connectivity index (χ1v) is 9.51. The van der Waals surface area contributed by atoms with Crippen LogP contribution in [0.15, 0.2) is 18.2 Å². The van der Waals surface area contributed by atoms with Crippen LogP contribution >= 0.6 is 0 Å². The molecule has 4 heterocycles. The minimum Gasteiger partial charge on any atom is -0.381 e. The van der Waals surface area contributed by atoms with Crippen LogP contribution in [0.3, 0.4) is 0 Å². The maximum Gasteiger partial charge on any atom is 0.176 e. The number of nitrogens with zero attached hydrogens (tertiary/aromatic N) is 5. The normalized spacial score (nSPS) is 21.5. The Bertz CT molecular complexity index is 716. The molecule has 140 valence electrons. The smallest absolute Gasteiger partial charge is 0.176 e. The molecule has 2 aliphatic heterocycles. The summed E-state index contributed by atoms with van der Waals surface area (Å²) in [6.07, 6.45) is 3.56. The summed E-state index contributed by atoms with van der Waals surface area (Å²) >= 11 is 0. The fraction of sp³-hybridized carbons (Fsp3) is 0.632. The van der Waals surface area contributed by atoms with Gasteiger partial charge in [0.25, 0.3) is 0 Å². The monoisotopic (exact) mass is 357 g/mol. The highest BCUT2D eigenvalue weighted by Crippen LogP contribution is 2.21. The molecule has 7 heteroatoms. The van der Waals surface area contributed by atoms with Gasteiger partial charge in [0.1, 0.15) is 0 Å². The molecule has 0 saturated carbocycles. The summed E-state index contributed by atoms with van der Waals surface area (Å²) in [6.45, 7) is 8.51. The second-order valence-corrected chi connectivity index (χ2v) is 7.34. The molecule has 0 bridgehead atoms. The van der Waals surface area contributed by atoms with Crippen molar-refractivity contribution in [3.8, 4) is 5.82 Å². The summed E-state index contributed by atoms with van der Waals surface area (Å²) in [7, 11) is 0. The van der Waals surface area contributed by atoms with Crippen molar-refractivity contribution < 1.29 is 9.47 Å². The molecule has 0 spiro atoms. The van der Waals surface area contributed by atoms with E-state index in [4.69, 9.17) is 9.47 Å². The van der Waals surface area contributed by atoms with E-state index in [9.17, 15) is 0 Å². The Morgan fingerprint density at radius 3 is 2.50 bits per heavy atom. The Morgan fingerprint density at radius 1 is 1.12 bits per heavy atom. The second-order valence-electron chi connectivity index (χ2n) is 7.34. The van der Waals surface area contributed by atoms with Crippen LogP contribution in [-0.2, 0) is 9.47 Å². The van der Waals surface area contributed by atoms with Crippen LogP contribution in [0, 0.1) is 19.8 Å². The van der Waals surface area contributed by atoms with E-state index in [1.807, 2.05) is 36.7 Å². The molecule has 2 fully saturated rings. The Balaban J connectivity index is 1.30. The molecule has 0 N–H and O–H groups in total. The van der Waals surface area contributed by atoms with E-state index < -0.39 is 0 Å². The average molecular weight is 357 g/mol. The fourth-order valence-electron chi connectivity index (χ4n) is 3.70. The molecular weight excluding hydrogens is 330 g/mol. The van der Waals surface area contributed by atoms with E-state index in [0.29, 0.717) is 12.0 Å². The summed E-state index contributed by atoms with van der Waals surface area (Å²) in [5.41, 5.74) is 2.05. The van der Waals surface area contributed by atoms with Gasteiger partial charge in [0, 0.05) is 31.3 Å². The molecule has 7 nitrogen and oxygen atoms in total. The zero-order chi connectivity index (χ0) is 17.9. The number of aryl methyl sites for hydroxylation is 2. The van der Waals surface area contributed by atoms with Gasteiger partial charge in [0.15, 0.2) is 11.6 Å². The number of hydrogen-bond acceptors (Lipinski definition) is 6. The van der Waals surface area contributed by atoms with Crippen LogP contribution in [0.1, 0.15) is 30.7 Å². The number of anilines is 1. The van der Waals surface area contributed by atoms with Crippen LogP contribution in [0.4, 0.5) is 5.82 Å². The number of hydrogen-bond donors (Lipinski definition) is 0. The molecule has 0 aliphatic carbocycles. The molecule has 2 aliphatic rings. The first-order chi connectivity index (χ1) is 12.7. The predicted molar refractivity (Wildman–Crippen MR) is 98.7 cm³/mol. The van der Waals surface area contributed by atoms with Gasteiger partial charge in [-0.25, -0.2) is 4.68 Å². The van der Waals surface area contributed by atoms with Gasteiger partial charge >= 0.3 is 0 Å². The molecule has 0 radical (unpaired) electrons. The third-order valence-corrected chi connectivity index (χ3v) is 5.22. The van der Waals surface area contributed by atoms with E-state index >= 15 is 0 Å². The molecule has 2 aromatic heterocycles. The van der Waals surface area contributed by atoms with Crippen molar-refractivity contribution in [2.45, 2.75) is 39.2 Å². The van der Waals surface area contributed by atoms with Crippen molar-refractivity contribution in [1.29, 1.82) is 0 Å². The third-order valence-electron chi connectivity index (χ3n) is 5.22. The van der Waals surface area contributed by atoms with Gasteiger partial charge in [-0.2, -0.15) is 5.10 Å². The summed E-state index contributed by atoms with van der Waals surface area (Å²) in [6, 6.07) is 6.07. The molecular formula is C19H27N5O2. The lowest BCUT2D eigenvalue weighted by atomic mass is 10.1. The predicted octanol–water partition coefficient (Wildman–Crippen LogP) is 2.30. The van der Waals surface area contributed by atoms with Gasteiger partial charge in [-0.05, 0) is 51.3 Å². The van der Waals surface area contributed by atoms with Gasteiger partial charge in [-0.3, -0.25) is 0 Å². The van der Waals surface area contributed by atoms with Crippen LogP contribution in [0.25, 0.3) is 5.82 Å². The van der Waals surface area contributed by atoms with Crippen molar-refractivity contribution >= 4 is 5.82 Å². The molecule has 1 atom stereocenters. The van der Waals surface area contributed by atoms with Gasteiger partial charge in [0.2, 0.25) is 0 Å². The fourth-order valence-corrected chi connectivity index (χ4v) is 3.70. The molecule has 2 saturated heterocycles. The molecule has 4 rings (SSSR count). The van der Waals surface area contributed by atoms with E-state index in [-0.39, 0.29) is 0 Å². The van der Waals surface area contributed by atoms with Gasteiger partial charge in [-0.1, -0.05) is 0 Å². The summed E-state index contributed by atoms with van der Waals surface area (Å²) in [4.78, 5) is 2.29. The SMILES string of the molecule is Cc1cc(C)n(-c2ccc(N3CCC(OCC4CCOC4)CC3)nn2)n1. The minimum atomic E-state index is 0.355. The van der Waals surface area contributed by atoms with Crippen molar-refractivity contribution in [2.75, 3.05) is 37.8 Å². The zero-order valence-electron chi connectivity index (χ0n) is 15.6. The van der Waals surface area contributed by atoms with Crippen molar-refractivity contribution in [2.24, 2.45) is 5.92 Å². The van der Waals surface area contributed by atoms with Gasteiger partial charge in [0.05, 0.1) is 25.0 Å². The van der Waals surface area contributed by atoms with Crippen LogP contribution in [0.5, 0.6) is 0 Å². The summed E-state index contributed by atoms with van der Waals surface area (Å²) < 4.78 is 13.3. The van der Waals surface area contributed by atoms with E-state index in [2.05, 4.69) is 20.2 Å². The standard InChI is InChI=1S/C19H27N5O2/c1-14-11-15(2)24(22-14)19-4-3-18(20-21-19)23-8-5-17(6-9-23)26-13-16-7-10-25-12-16/h3-4,11,16-17H,5-10,12-13H2,1-2H3. The Hall–Kier alpha value is -1.99. The Morgan fingerprint density at radius 2 is 1.88 bits per heavy atom. The maximum atomic E-state index is 6.09. The van der Waals surface area contributed by atoms with Gasteiger partial charge < -0.3 is 14.4 Å². The summed E-state index contributed by atoms with van der Waals surface area (Å²) in [5.74, 6) is 2.27. The van der Waals surface area contributed by atoms with Crippen molar-refractivity contribution in [3.05, 3.63) is 29.6 Å². The number of rotatable bonds is 5. The number of ether oxygens (including phenoxy) is 2. The maximum absolute atomic E-state index is 6.09. The average Bonchev–Trinajstić information content (AvgIpc) is 3.30. The minimum absolute atomic E-state index is 0.355. The quantitative estimate of drug-likeness (QED) is 0.818. The molecule has 2 aromatic rings. The van der Waals surface area contributed by atoms with Crippen molar-refractivity contribution in [3.63, 3.8) is 0 Å². The van der Waals surface area contributed by atoms with Gasteiger partial charge in [-0.15, -0.1) is 10.2 Å². The first kappa shape index (κ1) is 17.4. The van der Waals surface area contributed by atoms with E-state index in [0.717, 1.165) is 75.2 Å². The highest BCUT2D eigenvalue weighted by Gasteiger charge is 2.23. The lowest BCUT2D eigenvalue weighted by Crippen LogP contribution is -2.38. The number of piperidine rings is 1. The highest BCUT2D eigenvalue weighted by atomic mass is 16.5. The van der Waals surface area contributed by atoms with Crippen LogP contribution < -0.4 is 4.90 Å². The number of aromatic nitrogens is 4. The highest BCUT2D eigenvalue weighted by molar-refractivity contribution is 5.40. The first-order valence-electron chi connectivity index (χ1n) is 9.51. The lowest BCUT2D eigenvalue weighted by Gasteiger charge is -2.32. The Labute approximate surface area is 154 Å². The second kappa shape index (κ2) is 7.72. The molecule has 26 heavy (non-hydrogen) atoms. The van der Waals surface area contributed by atoms with E-state index in [1.54, 1.807) is 0 Å². The molecule has 0 amide bonds. The van der Waals surface area contributed by atoms with E-state index in [1.165, 1.54) is 0 Å². The largest absolute Gasteiger partial charge is 0.381 e. The molecule has 1 unspecified atom stereocenters. The topological polar surface area (TPSA) is 65.3 Å². The third kappa shape index (κ3) is 3.88. The zero-order valence-corrected chi connectivity index (χ0v) is 15.6. The molecule has 0 aromatic carbocycles. The Kier molecular flexibility index (Phi) is 5.17.